The van der Waals surface area contributed by atoms with Gasteiger partial charge in [0, 0.05) is 24.4 Å². The van der Waals surface area contributed by atoms with E-state index in [1.807, 2.05) is 30.3 Å². The van der Waals surface area contributed by atoms with Gasteiger partial charge in [-0.25, -0.2) is 0 Å². The Morgan fingerprint density at radius 1 is 1.12 bits per heavy atom. The minimum absolute atomic E-state index is 0.584. The largest absolute Gasteiger partial charge is 0.395 e. The van der Waals surface area contributed by atoms with Crippen molar-refractivity contribution in [2.24, 2.45) is 5.16 Å². The first-order valence-corrected chi connectivity index (χ1v) is 5.54. The van der Waals surface area contributed by atoms with E-state index in [9.17, 15) is 0 Å². The van der Waals surface area contributed by atoms with Gasteiger partial charge in [0.25, 0.3) is 0 Å². The summed E-state index contributed by atoms with van der Waals surface area (Å²) in [6, 6.07) is 14.0. The van der Waals surface area contributed by atoms with Gasteiger partial charge in [-0.2, -0.15) is 0 Å². The first-order valence-electron chi connectivity index (χ1n) is 5.54. The molecule has 0 aliphatic carbocycles. The van der Waals surface area contributed by atoms with Crippen molar-refractivity contribution in [2.45, 2.75) is 6.42 Å². The highest BCUT2D eigenvalue weighted by molar-refractivity contribution is 5.78. The quantitative estimate of drug-likeness (QED) is 0.446. The van der Waals surface area contributed by atoms with Crippen molar-refractivity contribution in [1.82, 2.24) is 4.98 Å². The molecule has 86 valence electrons. The molecule has 2 rings (SSSR count). The molecule has 2 aromatic rings. The molecule has 0 bridgehead atoms. The van der Waals surface area contributed by atoms with E-state index in [1.165, 1.54) is 5.56 Å². The van der Waals surface area contributed by atoms with E-state index in [1.54, 1.807) is 18.6 Å². The first-order chi connectivity index (χ1) is 8.45. The van der Waals surface area contributed by atoms with Crippen LogP contribution in [0.5, 0.6) is 0 Å². The van der Waals surface area contributed by atoms with Crippen LogP contribution in [0.1, 0.15) is 11.1 Å². The van der Waals surface area contributed by atoms with Crippen molar-refractivity contribution in [3.63, 3.8) is 0 Å². The predicted molar refractivity (Wildman–Crippen MR) is 67.9 cm³/mol. The molecule has 3 nitrogen and oxygen atoms in total. The van der Waals surface area contributed by atoms with Gasteiger partial charge < -0.3 is 4.84 Å². The summed E-state index contributed by atoms with van der Waals surface area (Å²) < 4.78 is 0. The van der Waals surface area contributed by atoms with Crippen molar-refractivity contribution in [2.75, 3.05) is 6.61 Å². The minimum atomic E-state index is 0.584. The van der Waals surface area contributed by atoms with Crippen molar-refractivity contribution < 1.29 is 4.84 Å². The average Bonchev–Trinajstić information content (AvgIpc) is 2.41. The van der Waals surface area contributed by atoms with E-state index < -0.39 is 0 Å². The highest BCUT2D eigenvalue weighted by Crippen LogP contribution is 1.99. The Kier molecular flexibility index (Phi) is 4.28. The fraction of sp³-hybridized carbons (Fsp3) is 0.143. The Hall–Kier alpha value is -2.16. The SMILES string of the molecule is C(=N\OCCc1ccccc1)/c1cccnc1. The van der Waals surface area contributed by atoms with Gasteiger partial charge in [-0.15, -0.1) is 0 Å². The molecule has 1 heterocycles. The van der Waals surface area contributed by atoms with Crippen LogP contribution in [-0.2, 0) is 11.3 Å². The highest BCUT2D eigenvalue weighted by atomic mass is 16.6. The fourth-order valence-electron chi connectivity index (χ4n) is 1.41. The molecular formula is C14H14N2O. The standard InChI is InChI=1S/C14H14N2O/c1-2-5-13(6-3-1)8-10-17-16-12-14-7-4-9-15-11-14/h1-7,9,11-12H,8,10H2/b16-12+. The maximum absolute atomic E-state index is 5.18. The van der Waals surface area contributed by atoms with E-state index in [0.29, 0.717) is 6.61 Å². The van der Waals surface area contributed by atoms with Crippen LogP contribution in [0.2, 0.25) is 0 Å². The van der Waals surface area contributed by atoms with Crippen molar-refractivity contribution >= 4 is 6.21 Å². The summed E-state index contributed by atoms with van der Waals surface area (Å²) in [6.07, 6.45) is 6.00. The van der Waals surface area contributed by atoms with Gasteiger partial charge in [-0.05, 0) is 11.6 Å². The zero-order chi connectivity index (χ0) is 11.8. The lowest BCUT2D eigenvalue weighted by molar-refractivity contribution is 0.149. The third-order valence-electron chi connectivity index (χ3n) is 2.29. The van der Waals surface area contributed by atoms with Gasteiger partial charge in [0.05, 0.1) is 6.21 Å². The third kappa shape index (κ3) is 4.07. The van der Waals surface area contributed by atoms with Crippen molar-refractivity contribution in [3.8, 4) is 0 Å². The number of hydrogen-bond acceptors (Lipinski definition) is 3. The van der Waals surface area contributed by atoms with Crippen LogP contribution < -0.4 is 0 Å². The predicted octanol–water partition coefficient (Wildman–Crippen LogP) is 2.67. The smallest absolute Gasteiger partial charge is 0.121 e. The highest BCUT2D eigenvalue weighted by Gasteiger charge is 1.90. The summed E-state index contributed by atoms with van der Waals surface area (Å²) in [4.78, 5) is 9.17. The summed E-state index contributed by atoms with van der Waals surface area (Å²) in [5.41, 5.74) is 2.19. The number of benzene rings is 1. The van der Waals surface area contributed by atoms with Crippen LogP contribution in [0.25, 0.3) is 0 Å². The average molecular weight is 226 g/mol. The monoisotopic (exact) mass is 226 g/mol. The lowest BCUT2D eigenvalue weighted by atomic mass is 10.2. The van der Waals surface area contributed by atoms with Crippen LogP contribution >= 0.6 is 0 Å². The molecule has 0 spiro atoms. The number of rotatable bonds is 5. The Balaban J connectivity index is 1.72. The van der Waals surface area contributed by atoms with E-state index in [2.05, 4.69) is 22.3 Å². The van der Waals surface area contributed by atoms with Gasteiger partial charge in [-0.3, -0.25) is 4.98 Å². The Morgan fingerprint density at radius 2 is 2.00 bits per heavy atom. The second-order valence-electron chi connectivity index (χ2n) is 3.59. The van der Waals surface area contributed by atoms with E-state index in [4.69, 9.17) is 4.84 Å². The topological polar surface area (TPSA) is 34.5 Å². The lowest BCUT2D eigenvalue weighted by Crippen LogP contribution is -1.94. The molecule has 0 fully saturated rings. The normalized spacial score (nSPS) is 10.6. The fourth-order valence-corrected chi connectivity index (χ4v) is 1.41. The van der Waals surface area contributed by atoms with Gasteiger partial charge in [0.1, 0.15) is 6.61 Å². The molecule has 0 amide bonds. The molecule has 0 saturated heterocycles. The molecule has 0 unspecified atom stereocenters. The number of oxime groups is 1. The Bertz CT molecular complexity index is 454. The maximum atomic E-state index is 5.18. The first kappa shape index (κ1) is 11.3. The van der Waals surface area contributed by atoms with Crippen molar-refractivity contribution in [1.29, 1.82) is 0 Å². The molecule has 0 aliphatic rings. The van der Waals surface area contributed by atoms with Crippen LogP contribution in [0.4, 0.5) is 0 Å². The molecule has 3 heteroatoms. The second kappa shape index (κ2) is 6.43. The van der Waals surface area contributed by atoms with E-state index >= 15 is 0 Å². The molecule has 0 N–H and O–H groups in total. The van der Waals surface area contributed by atoms with Crippen LogP contribution in [0, 0.1) is 0 Å². The zero-order valence-corrected chi connectivity index (χ0v) is 9.49. The van der Waals surface area contributed by atoms with E-state index in [-0.39, 0.29) is 0 Å². The summed E-state index contributed by atoms with van der Waals surface area (Å²) in [5, 5.41) is 3.89. The number of aromatic nitrogens is 1. The second-order valence-corrected chi connectivity index (χ2v) is 3.59. The number of pyridine rings is 1. The van der Waals surface area contributed by atoms with Gasteiger partial charge in [0.2, 0.25) is 0 Å². The van der Waals surface area contributed by atoms with Gasteiger partial charge in [0.15, 0.2) is 0 Å². The maximum Gasteiger partial charge on any atom is 0.121 e. The number of nitrogens with zero attached hydrogens (tertiary/aromatic N) is 2. The van der Waals surface area contributed by atoms with E-state index in [0.717, 1.165) is 12.0 Å². The zero-order valence-electron chi connectivity index (χ0n) is 9.49. The Morgan fingerprint density at radius 3 is 2.76 bits per heavy atom. The summed E-state index contributed by atoms with van der Waals surface area (Å²) >= 11 is 0. The summed E-state index contributed by atoms with van der Waals surface area (Å²) in [5.74, 6) is 0. The molecule has 0 saturated carbocycles. The molecule has 0 radical (unpaired) electrons. The van der Waals surface area contributed by atoms with Crippen LogP contribution in [0.3, 0.4) is 0 Å². The summed E-state index contributed by atoms with van der Waals surface area (Å²) in [6.45, 7) is 0.584. The van der Waals surface area contributed by atoms with Crippen LogP contribution in [0.15, 0.2) is 60.0 Å². The molecule has 1 aromatic carbocycles. The number of hydrogen-bond donors (Lipinski definition) is 0. The van der Waals surface area contributed by atoms with Crippen molar-refractivity contribution in [3.05, 3.63) is 66.0 Å². The molecule has 17 heavy (non-hydrogen) atoms. The third-order valence-corrected chi connectivity index (χ3v) is 2.29. The summed E-state index contributed by atoms with van der Waals surface area (Å²) in [7, 11) is 0. The molecular weight excluding hydrogens is 212 g/mol. The molecule has 0 atom stereocenters. The minimum Gasteiger partial charge on any atom is -0.395 e. The van der Waals surface area contributed by atoms with Gasteiger partial charge in [-0.1, -0.05) is 41.6 Å². The molecule has 1 aromatic heterocycles. The Labute approximate surface area is 101 Å². The van der Waals surface area contributed by atoms with Crippen LogP contribution in [-0.4, -0.2) is 17.8 Å². The lowest BCUT2D eigenvalue weighted by Gasteiger charge is -1.99. The van der Waals surface area contributed by atoms with Gasteiger partial charge >= 0.3 is 0 Å². The molecule has 0 aliphatic heterocycles.